The Morgan fingerprint density at radius 1 is 1.04 bits per heavy atom. The Morgan fingerprint density at radius 2 is 1.85 bits per heavy atom. The Balaban J connectivity index is 1.88. The van der Waals surface area contributed by atoms with E-state index in [1.165, 1.54) is 0 Å². The summed E-state index contributed by atoms with van der Waals surface area (Å²) < 4.78 is 10.6. The number of primary amides is 1. The number of benzene rings is 2. The number of carbonyl (C=O) groups is 1. The predicted octanol–water partition coefficient (Wildman–Crippen LogP) is 2.85. The third-order valence-corrected chi connectivity index (χ3v) is 3.96. The Morgan fingerprint density at radius 3 is 2.58 bits per heavy atom. The number of hydrogen-bond acceptors (Lipinski definition) is 5. The number of rotatable bonds is 6. The summed E-state index contributed by atoms with van der Waals surface area (Å²) in [6, 6.07) is 14.6. The molecule has 1 aromatic heterocycles. The number of aromatic nitrogens is 2. The molecule has 0 spiro atoms. The minimum absolute atomic E-state index is 0.447. The van der Waals surface area contributed by atoms with E-state index in [4.69, 9.17) is 15.2 Å². The average molecular weight is 349 g/mol. The van der Waals surface area contributed by atoms with Gasteiger partial charge in [-0.05, 0) is 35.9 Å². The van der Waals surface area contributed by atoms with Crippen molar-refractivity contribution in [3.05, 3.63) is 71.7 Å². The first-order valence-electron chi connectivity index (χ1n) is 8.04. The number of hydrogen-bond donors (Lipinski definition) is 1. The molecular weight excluding hydrogens is 330 g/mol. The third-order valence-electron chi connectivity index (χ3n) is 3.96. The molecular formula is C20H19N3O3. The van der Waals surface area contributed by atoms with Crippen LogP contribution in [0.25, 0.3) is 11.3 Å². The second-order valence-corrected chi connectivity index (χ2v) is 5.67. The minimum Gasteiger partial charge on any atom is -0.493 e. The van der Waals surface area contributed by atoms with Gasteiger partial charge in [0.2, 0.25) is 5.91 Å². The highest BCUT2D eigenvalue weighted by molar-refractivity contribution is 5.93. The Bertz CT molecular complexity index is 941. The first kappa shape index (κ1) is 17.4. The van der Waals surface area contributed by atoms with E-state index in [0.29, 0.717) is 29.3 Å². The number of ether oxygens (including phenoxy) is 2. The summed E-state index contributed by atoms with van der Waals surface area (Å²) in [4.78, 5) is 20.3. The van der Waals surface area contributed by atoms with E-state index in [2.05, 4.69) is 9.97 Å². The fourth-order valence-electron chi connectivity index (χ4n) is 2.65. The maximum atomic E-state index is 11.4. The maximum absolute atomic E-state index is 11.4. The van der Waals surface area contributed by atoms with E-state index in [1.54, 1.807) is 44.7 Å². The molecule has 0 aliphatic heterocycles. The first-order valence-corrected chi connectivity index (χ1v) is 8.04. The van der Waals surface area contributed by atoms with E-state index in [0.717, 1.165) is 16.8 Å². The highest BCUT2D eigenvalue weighted by Gasteiger charge is 2.09. The molecule has 132 valence electrons. The molecule has 0 bridgehead atoms. The van der Waals surface area contributed by atoms with Crippen molar-refractivity contribution in [2.24, 2.45) is 5.73 Å². The third kappa shape index (κ3) is 3.80. The molecule has 2 N–H and O–H groups in total. The lowest BCUT2D eigenvalue weighted by atomic mass is 10.1. The fraction of sp³-hybridized carbons (Fsp3) is 0.150. The van der Waals surface area contributed by atoms with Crippen LogP contribution in [0.4, 0.5) is 0 Å². The van der Waals surface area contributed by atoms with Gasteiger partial charge in [0.25, 0.3) is 0 Å². The van der Waals surface area contributed by atoms with Crippen LogP contribution in [0.3, 0.4) is 0 Å². The van der Waals surface area contributed by atoms with Crippen molar-refractivity contribution >= 4 is 5.91 Å². The average Bonchev–Trinajstić information content (AvgIpc) is 2.68. The largest absolute Gasteiger partial charge is 0.493 e. The van der Waals surface area contributed by atoms with Gasteiger partial charge in [-0.1, -0.05) is 18.2 Å². The molecule has 1 heterocycles. The van der Waals surface area contributed by atoms with Crippen LogP contribution in [-0.4, -0.2) is 30.1 Å². The van der Waals surface area contributed by atoms with Gasteiger partial charge >= 0.3 is 0 Å². The molecule has 3 aromatic rings. The van der Waals surface area contributed by atoms with Crippen LogP contribution in [0.5, 0.6) is 11.5 Å². The number of nitrogens with two attached hydrogens (primary N) is 1. The summed E-state index contributed by atoms with van der Waals surface area (Å²) in [5, 5.41) is 0. The van der Waals surface area contributed by atoms with Crippen molar-refractivity contribution in [1.29, 1.82) is 0 Å². The second kappa shape index (κ2) is 7.65. The summed E-state index contributed by atoms with van der Waals surface area (Å²) in [5.41, 5.74) is 8.35. The highest BCUT2D eigenvalue weighted by Crippen LogP contribution is 2.28. The van der Waals surface area contributed by atoms with Crippen molar-refractivity contribution in [3.63, 3.8) is 0 Å². The van der Waals surface area contributed by atoms with Crippen molar-refractivity contribution in [3.8, 4) is 22.8 Å². The Labute approximate surface area is 151 Å². The molecule has 0 atom stereocenters. The van der Waals surface area contributed by atoms with Gasteiger partial charge in [-0.25, -0.2) is 9.97 Å². The van der Waals surface area contributed by atoms with E-state index in [9.17, 15) is 4.79 Å². The molecule has 0 saturated heterocycles. The summed E-state index contributed by atoms with van der Waals surface area (Å²) in [6.07, 6.45) is 2.25. The number of carbonyl (C=O) groups excluding carboxylic acids is 1. The number of nitrogens with zero attached hydrogens (tertiary/aromatic N) is 2. The lowest BCUT2D eigenvalue weighted by Crippen LogP contribution is -2.10. The summed E-state index contributed by atoms with van der Waals surface area (Å²) in [5.74, 6) is 1.54. The molecule has 0 unspecified atom stereocenters. The molecule has 0 fully saturated rings. The smallest absolute Gasteiger partial charge is 0.248 e. The van der Waals surface area contributed by atoms with Gasteiger partial charge in [0.05, 0.1) is 19.9 Å². The Hall–Kier alpha value is -3.41. The SMILES string of the molecule is COc1ccc(Cc2nccc(-c3cccc(C(N)=O)c3)n2)cc1OC. The molecule has 26 heavy (non-hydrogen) atoms. The molecule has 0 saturated carbocycles. The Kier molecular flexibility index (Phi) is 5.12. The standard InChI is InChI=1S/C20H19N3O3/c1-25-17-7-6-13(10-18(17)26-2)11-19-22-9-8-16(23-19)14-4-3-5-15(12-14)20(21)24/h3-10,12H,11H2,1-2H3,(H2,21,24). The lowest BCUT2D eigenvalue weighted by Gasteiger charge is -2.09. The molecule has 0 aliphatic rings. The molecule has 6 heteroatoms. The zero-order chi connectivity index (χ0) is 18.5. The molecule has 0 radical (unpaired) electrons. The molecule has 6 nitrogen and oxygen atoms in total. The van der Waals surface area contributed by atoms with Crippen LogP contribution in [0.1, 0.15) is 21.7 Å². The zero-order valence-corrected chi connectivity index (χ0v) is 14.6. The fourth-order valence-corrected chi connectivity index (χ4v) is 2.65. The monoisotopic (exact) mass is 349 g/mol. The summed E-state index contributed by atoms with van der Waals surface area (Å²) in [6.45, 7) is 0. The minimum atomic E-state index is -0.466. The topological polar surface area (TPSA) is 87.3 Å². The van der Waals surface area contributed by atoms with E-state index in [1.807, 2.05) is 24.3 Å². The summed E-state index contributed by atoms with van der Waals surface area (Å²) in [7, 11) is 3.20. The van der Waals surface area contributed by atoms with E-state index >= 15 is 0 Å². The lowest BCUT2D eigenvalue weighted by molar-refractivity contribution is 0.100. The van der Waals surface area contributed by atoms with Crippen molar-refractivity contribution in [1.82, 2.24) is 9.97 Å². The van der Waals surface area contributed by atoms with Gasteiger partial charge in [-0.15, -0.1) is 0 Å². The summed E-state index contributed by atoms with van der Waals surface area (Å²) >= 11 is 0. The molecule has 1 amide bonds. The highest BCUT2D eigenvalue weighted by atomic mass is 16.5. The van der Waals surface area contributed by atoms with Crippen molar-refractivity contribution in [2.45, 2.75) is 6.42 Å². The van der Waals surface area contributed by atoms with E-state index in [-0.39, 0.29) is 0 Å². The van der Waals surface area contributed by atoms with Gasteiger partial charge in [0, 0.05) is 23.7 Å². The molecule has 2 aromatic carbocycles. The number of amides is 1. The number of methoxy groups -OCH3 is 2. The quantitative estimate of drug-likeness (QED) is 0.739. The van der Waals surface area contributed by atoms with Crippen LogP contribution in [0.15, 0.2) is 54.7 Å². The van der Waals surface area contributed by atoms with Crippen molar-refractivity contribution < 1.29 is 14.3 Å². The van der Waals surface area contributed by atoms with Crippen LogP contribution in [0, 0.1) is 0 Å². The molecule has 0 aliphatic carbocycles. The normalized spacial score (nSPS) is 10.4. The van der Waals surface area contributed by atoms with Crippen molar-refractivity contribution in [2.75, 3.05) is 14.2 Å². The van der Waals surface area contributed by atoms with Crippen LogP contribution < -0.4 is 15.2 Å². The zero-order valence-electron chi connectivity index (χ0n) is 14.6. The van der Waals surface area contributed by atoms with Gasteiger partial charge in [-0.3, -0.25) is 4.79 Å². The van der Waals surface area contributed by atoms with Crippen LogP contribution in [-0.2, 0) is 6.42 Å². The van der Waals surface area contributed by atoms with Crippen LogP contribution >= 0.6 is 0 Å². The van der Waals surface area contributed by atoms with E-state index < -0.39 is 5.91 Å². The second-order valence-electron chi connectivity index (χ2n) is 5.67. The van der Waals surface area contributed by atoms with Crippen LogP contribution in [0.2, 0.25) is 0 Å². The first-order chi connectivity index (χ1) is 12.6. The van der Waals surface area contributed by atoms with Gasteiger partial charge in [0.15, 0.2) is 11.5 Å². The van der Waals surface area contributed by atoms with Gasteiger partial charge in [0.1, 0.15) is 5.82 Å². The molecule has 3 rings (SSSR count). The van der Waals surface area contributed by atoms with Gasteiger partial charge < -0.3 is 15.2 Å². The maximum Gasteiger partial charge on any atom is 0.248 e. The predicted molar refractivity (Wildman–Crippen MR) is 98.3 cm³/mol. The van der Waals surface area contributed by atoms with Gasteiger partial charge in [-0.2, -0.15) is 0 Å².